The van der Waals surface area contributed by atoms with Crippen LogP contribution in [0.2, 0.25) is 0 Å². The highest BCUT2D eigenvalue weighted by molar-refractivity contribution is 5.87. The molecule has 3 aromatic rings. The topological polar surface area (TPSA) is 140 Å². The summed E-state index contributed by atoms with van der Waals surface area (Å²) in [5.41, 5.74) is 4.21. The van der Waals surface area contributed by atoms with Gasteiger partial charge in [-0.05, 0) is 28.7 Å². The second-order valence-corrected chi connectivity index (χ2v) is 8.30. The lowest BCUT2D eigenvalue weighted by atomic mass is 9.98. The van der Waals surface area contributed by atoms with E-state index in [0.29, 0.717) is 6.42 Å². The first kappa shape index (κ1) is 22.6. The van der Waals surface area contributed by atoms with E-state index in [1.165, 1.54) is 0 Å². The minimum Gasteiger partial charge on any atom is -0.476 e. The average molecular weight is 477 g/mol. The number of rotatable bonds is 7. The van der Waals surface area contributed by atoms with Crippen LogP contribution in [0.25, 0.3) is 11.1 Å². The summed E-state index contributed by atoms with van der Waals surface area (Å²) in [6.07, 6.45) is -0.140. The number of hydrogen-bond acceptors (Lipinski definition) is 7. The molecule has 35 heavy (non-hydrogen) atoms. The minimum atomic E-state index is -1.25. The molecular formula is C25H23N3O7. The van der Waals surface area contributed by atoms with Crippen LogP contribution in [0, 0.1) is 0 Å². The van der Waals surface area contributed by atoms with E-state index in [1.807, 2.05) is 36.4 Å². The molecule has 10 nitrogen and oxygen atoms in total. The van der Waals surface area contributed by atoms with Crippen molar-refractivity contribution >= 4 is 18.0 Å². The molecule has 0 bridgehead atoms. The number of nitrogens with one attached hydrogen (secondary N) is 2. The Balaban J connectivity index is 1.17. The number of benzene rings is 2. The van der Waals surface area contributed by atoms with E-state index in [2.05, 4.69) is 27.8 Å². The van der Waals surface area contributed by atoms with Crippen molar-refractivity contribution < 1.29 is 33.4 Å². The maximum Gasteiger partial charge on any atom is 0.407 e. The molecule has 2 atom stereocenters. The summed E-state index contributed by atoms with van der Waals surface area (Å²) in [6.45, 7) is 0.279. The molecule has 1 aromatic heterocycles. The first-order valence-corrected chi connectivity index (χ1v) is 11.2. The third-order valence-electron chi connectivity index (χ3n) is 6.26. The molecule has 180 valence electrons. The first-order chi connectivity index (χ1) is 17.0. The zero-order chi connectivity index (χ0) is 24.4. The third kappa shape index (κ3) is 4.47. The van der Waals surface area contributed by atoms with Crippen LogP contribution in [-0.4, -0.2) is 53.4 Å². The van der Waals surface area contributed by atoms with E-state index in [4.69, 9.17) is 19.0 Å². The number of aromatic nitrogens is 1. The molecule has 10 heteroatoms. The number of carbonyl (C=O) groups excluding carboxylic acids is 2. The number of alkyl carbamates (subject to hydrolysis) is 1. The summed E-state index contributed by atoms with van der Waals surface area (Å²) < 4.78 is 16.1. The molecule has 2 heterocycles. The predicted molar refractivity (Wildman–Crippen MR) is 122 cm³/mol. The quantitative estimate of drug-likeness (QED) is 0.472. The summed E-state index contributed by atoms with van der Waals surface area (Å²) >= 11 is 0. The highest BCUT2D eigenvalue weighted by atomic mass is 16.6. The van der Waals surface area contributed by atoms with E-state index in [9.17, 15) is 14.4 Å². The van der Waals surface area contributed by atoms with Crippen LogP contribution in [0.4, 0.5) is 4.79 Å². The Labute approximate surface area is 200 Å². The maximum atomic E-state index is 12.6. The van der Waals surface area contributed by atoms with Crippen molar-refractivity contribution in [1.82, 2.24) is 15.6 Å². The van der Waals surface area contributed by atoms with Crippen LogP contribution < -0.4 is 10.6 Å². The number of nitrogens with zero attached hydrogens (tertiary/aromatic N) is 1. The largest absolute Gasteiger partial charge is 0.476 e. The number of fused-ring (bicyclic) bond motifs is 3. The lowest BCUT2D eigenvalue weighted by Gasteiger charge is -2.20. The monoisotopic (exact) mass is 477 g/mol. The Bertz CT molecular complexity index is 1230. The Morgan fingerprint density at radius 1 is 1.06 bits per heavy atom. The van der Waals surface area contributed by atoms with E-state index in [0.717, 1.165) is 28.6 Å². The molecule has 2 aromatic carbocycles. The zero-order valence-electron chi connectivity index (χ0n) is 18.6. The fraction of sp³-hybridized carbons (Fsp3) is 0.280. The minimum absolute atomic E-state index is 0.0184. The van der Waals surface area contributed by atoms with Crippen molar-refractivity contribution in [2.24, 2.45) is 0 Å². The summed E-state index contributed by atoms with van der Waals surface area (Å²) in [5, 5.41) is 14.4. The fourth-order valence-electron chi connectivity index (χ4n) is 4.63. The van der Waals surface area contributed by atoms with Crippen LogP contribution in [0.5, 0.6) is 0 Å². The SMILES string of the molecule is O=C(NC1CCOC1C(=O)NCc1ocnc1C(=O)O)OCC1c2ccccc2-c2ccccc21. The Morgan fingerprint density at radius 2 is 1.74 bits per heavy atom. The van der Waals surface area contributed by atoms with Gasteiger partial charge in [0.2, 0.25) is 0 Å². The zero-order valence-corrected chi connectivity index (χ0v) is 18.6. The maximum absolute atomic E-state index is 12.6. The first-order valence-electron chi connectivity index (χ1n) is 11.2. The van der Waals surface area contributed by atoms with Gasteiger partial charge in [-0.25, -0.2) is 14.6 Å². The van der Waals surface area contributed by atoms with E-state index in [-0.39, 0.29) is 37.1 Å². The number of hydrogen-bond donors (Lipinski definition) is 3. The van der Waals surface area contributed by atoms with Gasteiger partial charge in [0.05, 0.1) is 12.6 Å². The summed E-state index contributed by atoms with van der Waals surface area (Å²) in [5.74, 6) is -1.81. The predicted octanol–water partition coefficient (Wildman–Crippen LogP) is 2.69. The molecule has 0 saturated carbocycles. The number of carboxylic acids is 1. The molecule has 2 amide bonds. The Kier molecular flexibility index (Phi) is 6.19. The van der Waals surface area contributed by atoms with Crippen molar-refractivity contribution in [1.29, 1.82) is 0 Å². The molecular weight excluding hydrogens is 454 g/mol. The van der Waals surface area contributed by atoms with Gasteiger partial charge >= 0.3 is 12.1 Å². The van der Waals surface area contributed by atoms with Gasteiger partial charge in [0.1, 0.15) is 6.61 Å². The molecule has 3 N–H and O–H groups in total. The number of aromatic carboxylic acids is 1. The molecule has 0 radical (unpaired) electrons. The number of amides is 2. The molecule has 2 unspecified atom stereocenters. The molecule has 1 fully saturated rings. The third-order valence-corrected chi connectivity index (χ3v) is 6.26. The normalized spacial score (nSPS) is 18.5. The molecule has 1 aliphatic heterocycles. The Hall–Kier alpha value is -4.18. The fourth-order valence-corrected chi connectivity index (χ4v) is 4.63. The van der Waals surface area contributed by atoms with Crippen molar-refractivity contribution in [3.05, 3.63) is 77.5 Å². The van der Waals surface area contributed by atoms with Crippen molar-refractivity contribution in [2.75, 3.05) is 13.2 Å². The van der Waals surface area contributed by atoms with Gasteiger partial charge in [-0.1, -0.05) is 48.5 Å². The van der Waals surface area contributed by atoms with Crippen LogP contribution in [-0.2, 0) is 20.8 Å². The van der Waals surface area contributed by atoms with Gasteiger partial charge in [-0.3, -0.25) is 4.79 Å². The van der Waals surface area contributed by atoms with Gasteiger partial charge in [0.25, 0.3) is 5.91 Å². The van der Waals surface area contributed by atoms with Gasteiger partial charge in [-0.15, -0.1) is 0 Å². The molecule has 1 aliphatic carbocycles. The number of carbonyl (C=O) groups is 3. The lowest BCUT2D eigenvalue weighted by molar-refractivity contribution is -0.131. The summed E-state index contributed by atoms with van der Waals surface area (Å²) in [6, 6.07) is 15.5. The van der Waals surface area contributed by atoms with Crippen LogP contribution in [0.3, 0.4) is 0 Å². The smallest absolute Gasteiger partial charge is 0.407 e. The summed E-state index contributed by atoms with van der Waals surface area (Å²) in [7, 11) is 0. The van der Waals surface area contributed by atoms with Crippen molar-refractivity contribution in [2.45, 2.75) is 31.0 Å². The highest BCUT2D eigenvalue weighted by Crippen LogP contribution is 2.44. The van der Waals surface area contributed by atoms with E-state index in [1.54, 1.807) is 0 Å². The second kappa shape index (κ2) is 9.59. The lowest BCUT2D eigenvalue weighted by Crippen LogP contribution is -2.48. The van der Waals surface area contributed by atoms with E-state index >= 15 is 0 Å². The van der Waals surface area contributed by atoms with Crippen LogP contribution in [0.15, 0.2) is 59.3 Å². The highest BCUT2D eigenvalue weighted by Gasteiger charge is 2.36. The number of carboxylic acid groups (broad SMARTS) is 1. The standard InChI is InChI=1S/C25H23N3O7/c29-23(26-11-20-21(24(30)31)27-13-35-20)22-19(9-10-33-22)28-25(32)34-12-18-16-7-3-1-5-14(16)15-6-2-4-8-17(15)18/h1-8,13,18-19,22H,9-12H2,(H,26,29)(H,28,32)(H,30,31). The molecule has 2 aliphatic rings. The Morgan fingerprint density at radius 3 is 2.43 bits per heavy atom. The van der Waals surface area contributed by atoms with Crippen molar-refractivity contribution in [3.63, 3.8) is 0 Å². The van der Waals surface area contributed by atoms with E-state index < -0.39 is 30.1 Å². The van der Waals surface area contributed by atoms with Gasteiger partial charge in [0.15, 0.2) is 24.0 Å². The van der Waals surface area contributed by atoms with Gasteiger partial charge in [-0.2, -0.15) is 0 Å². The van der Waals surface area contributed by atoms with Crippen molar-refractivity contribution in [3.8, 4) is 11.1 Å². The molecule has 0 spiro atoms. The molecule has 1 saturated heterocycles. The number of ether oxygens (including phenoxy) is 2. The van der Waals surface area contributed by atoms with Crippen LogP contribution in [0.1, 0.15) is 39.7 Å². The van der Waals surface area contributed by atoms with Gasteiger partial charge in [0, 0.05) is 12.5 Å². The summed E-state index contributed by atoms with van der Waals surface area (Å²) in [4.78, 5) is 40.0. The van der Waals surface area contributed by atoms with Gasteiger partial charge < -0.3 is 29.6 Å². The molecule has 5 rings (SSSR count). The number of oxazole rings is 1. The second-order valence-electron chi connectivity index (χ2n) is 8.30. The van der Waals surface area contributed by atoms with Crippen LogP contribution >= 0.6 is 0 Å². The average Bonchev–Trinajstić information content (AvgIpc) is 3.59.